The Morgan fingerprint density at radius 2 is 0.936 bits per heavy atom. The molecule has 0 amide bonds. The van der Waals surface area contributed by atoms with Gasteiger partial charge in [-0.2, -0.15) is 0 Å². The van der Waals surface area contributed by atoms with Crippen LogP contribution in [-0.2, 0) is 52.3 Å². The summed E-state index contributed by atoms with van der Waals surface area (Å²) in [5, 5.41) is 40.5. The van der Waals surface area contributed by atoms with Crippen LogP contribution in [0.3, 0.4) is 0 Å². The Morgan fingerprint density at radius 3 is 1.38 bits per heavy atom. The van der Waals surface area contributed by atoms with Crippen LogP contribution in [0.15, 0.2) is 0 Å². The minimum Gasteiger partial charge on any atom is -0.462 e. The summed E-state index contributed by atoms with van der Waals surface area (Å²) in [5.74, 6) is -2.87. The monoisotopic (exact) mass is 678 g/mol. The number of aliphatic hydroxyl groups is 4. The summed E-state index contributed by atoms with van der Waals surface area (Å²) < 4.78 is 40.4. The van der Waals surface area contributed by atoms with E-state index in [1.165, 1.54) is 0 Å². The average Bonchev–Trinajstić information content (AvgIpc) is 2.91. The molecule has 272 valence electrons. The predicted molar refractivity (Wildman–Crippen MR) is 162 cm³/mol. The second kappa shape index (κ2) is 15.0. The number of hydrogen-bond acceptors (Lipinski definition) is 15. The molecule has 0 saturated carbocycles. The van der Waals surface area contributed by atoms with Gasteiger partial charge in [-0.1, -0.05) is 0 Å². The molecule has 47 heavy (non-hydrogen) atoms. The fraction of sp³-hybridized carbons (Fsp3) is 0.875. The van der Waals surface area contributed by atoms with Crippen LogP contribution in [0, 0.1) is 21.7 Å². The van der Waals surface area contributed by atoms with Crippen molar-refractivity contribution in [1.29, 1.82) is 0 Å². The first-order valence-electron chi connectivity index (χ1n) is 15.6. The van der Waals surface area contributed by atoms with E-state index in [1.54, 1.807) is 83.1 Å². The lowest BCUT2D eigenvalue weighted by atomic mass is 9.93. The molecule has 4 N–H and O–H groups in total. The maximum absolute atomic E-state index is 13.3. The summed E-state index contributed by atoms with van der Waals surface area (Å²) in [5.41, 5.74) is -4.12. The molecule has 2 rings (SSSR count). The lowest BCUT2D eigenvalue weighted by Gasteiger charge is -2.46. The zero-order valence-corrected chi connectivity index (χ0v) is 29.5. The van der Waals surface area contributed by atoms with Crippen LogP contribution in [0.4, 0.5) is 0 Å². The van der Waals surface area contributed by atoms with Gasteiger partial charge >= 0.3 is 23.9 Å². The van der Waals surface area contributed by atoms with Gasteiger partial charge in [0.15, 0.2) is 30.9 Å². The van der Waals surface area contributed by atoms with E-state index in [-0.39, 0.29) is 0 Å². The molecule has 2 fully saturated rings. The van der Waals surface area contributed by atoms with Crippen molar-refractivity contribution in [1.82, 2.24) is 0 Å². The molecule has 10 atom stereocenters. The smallest absolute Gasteiger partial charge is 0.311 e. The summed E-state index contributed by atoms with van der Waals surface area (Å²) in [7, 11) is 0. The topological polar surface area (TPSA) is 214 Å². The van der Waals surface area contributed by atoms with Gasteiger partial charge < -0.3 is 53.6 Å². The fourth-order valence-electron chi connectivity index (χ4n) is 4.08. The van der Waals surface area contributed by atoms with E-state index < -0.39 is 120 Å². The molecule has 2 saturated heterocycles. The van der Waals surface area contributed by atoms with Gasteiger partial charge in [-0.25, -0.2) is 0 Å². The van der Waals surface area contributed by atoms with Crippen LogP contribution in [0.1, 0.15) is 83.1 Å². The van der Waals surface area contributed by atoms with E-state index in [1.807, 2.05) is 0 Å². The highest BCUT2D eigenvalue weighted by molar-refractivity contribution is 5.78. The molecule has 0 aromatic heterocycles. The van der Waals surface area contributed by atoms with E-state index in [0.717, 1.165) is 0 Å². The fourth-order valence-corrected chi connectivity index (χ4v) is 4.08. The van der Waals surface area contributed by atoms with Gasteiger partial charge in [0.2, 0.25) is 0 Å². The van der Waals surface area contributed by atoms with Crippen molar-refractivity contribution in [3.05, 3.63) is 0 Å². The average molecular weight is 679 g/mol. The van der Waals surface area contributed by atoms with Gasteiger partial charge in [0.25, 0.3) is 0 Å². The highest BCUT2D eigenvalue weighted by Gasteiger charge is 2.55. The molecule has 0 bridgehead atoms. The van der Waals surface area contributed by atoms with Gasteiger partial charge in [-0.3, -0.25) is 19.2 Å². The van der Waals surface area contributed by atoms with Crippen molar-refractivity contribution in [3.63, 3.8) is 0 Å². The number of carbonyl (C=O) groups excluding carboxylic acids is 4. The Kier molecular flexibility index (Phi) is 13.0. The van der Waals surface area contributed by atoms with Crippen molar-refractivity contribution in [2.75, 3.05) is 13.2 Å². The van der Waals surface area contributed by atoms with Crippen LogP contribution in [0.2, 0.25) is 0 Å². The van der Waals surface area contributed by atoms with Gasteiger partial charge in [0.1, 0.15) is 37.1 Å². The second-order valence-electron chi connectivity index (χ2n) is 16.1. The zero-order valence-electron chi connectivity index (χ0n) is 29.5. The highest BCUT2D eigenvalue weighted by Crippen LogP contribution is 2.35. The van der Waals surface area contributed by atoms with Crippen LogP contribution < -0.4 is 0 Å². The molecule has 0 spiro atoms. The van der Waals surface area contributed by atoms with E-state index >= 15 is 0 Å². The molecule has 2 aliphatic rings. The molecule has 0 aromatic carbocycles. The van der Waals surface area contributed by atoms with Crippen molar-refractivity contribution in [3.8, 4) is 0 Å². The highest BCUT2D eigenvalue weighted by atomic mass is 16.7. The minimum atomic E-state index is -1.87. The molecular weight excluding hydrogens is 624 g/mol. The number of ether oxygens (including phenoxy) is 7. The number of aliphatic hydroxyl groups excluding tert-OH is 4. The summed E-state index contributed by atoms with van der Waals surface area (Å²) in [6, 6.07) is 0. The quantitative estimate of drug-likeness (QED) is 0.208. The number of carbonyl (C=O) groups is 4. The number of hydrogen-bond donors (Lipinski definition) is 4. The van der Waals surface area contributed by atoms with Gasteiger partial charge in [-0.05, 0) is 83.1 Å². The van der Waals surface area contributed by atoms with E-state index in [9.17, 15) is 39.6 Å². The lowest BCUT2D eigenvalue weighted by Crippen LogP contribution is -2.65. The summed E-state index contributed by atoms with van der Waals surface area (Å²) in [4.78, 5) is 52.6. The molecule has 0 aliphatic carbocycles. The zero-order chi connectivity index (χ0) is 36.4. The van der Waals surface area contributed by atoms with Gasteiger partial charge in [-0.15, -0.1) is 0 Å². The second-order valence-corrected chi connectivity index (χ2v) is 16.1. The Balaban J connectivity index is 2.65. The summed E-state index contributed by atoms with van der Waals surface area (Å²) >= 11 is 0. The molecule has 2 aliphatic heterocycles. The van der Waals surface area contributed by atoms with Gasteiger partial charge in [0.05, 0.1) is 28.3 Å². The molecule has 0 aromatic rings. The summed E-state index contributed by atoms with van der Waals surface area (Å²) in [6.07, 6.45) is -16.2. The van der Waals surface area contributed by atoms with Gasteiger partial charge in [0, 0.05) is 0 Å². The molecule has 15 heteroatoms. The molecule has 15 nitrogen and oxygen atoms in total. The van der Waals surface area contributed by atoms with E-state index in [2.05, 4.69) is 0 Å². The Labute approximate surface area is 276 Å². The third-order valence-corrected chi connectivity index (χ3v) is 7.26. The predicted octanol–water partition coefficient (Wildman–Crippen LogP) is 0.991. The Hall–Kier alpha value is -2.40. The van der Waals surface area contributed by atoms with Crippen molar-refractivity contribution >= 4 is 23.9 Å². The Morgan fingerprint density at radius 1 is 0.511 bits per heavy atom. The number of esters is 4. The first kappa shape index (κ1) is 40.8. The number of rotatable bonds is 8. The van der Waals surface area contributed by atoms with Crippen LogP contribution in [0.25, 0.3) is 0 Å². The molecule has 0 radical (unpaired) electrons. The van der Waals surface area contributed by atoms with E-state index in [4.69, 9.17) is 33.2 Å². The maximum atomic E-state index is 13.3. The first-order valence-corrected chi connectivity index (χ1v) is 15.6. The van der Waals surface area contributed by atoms with Crippen LogP contribution >= 0.6 is 0 Å². The molecule has 0 unspecified atom stereocenters. The standard InChI is InChI=1S/C32H54O15/c1-29(2,3)25(37)42-14-16-20(45-26(38)30(4,5)6)21(46-27(39)31(7,8)9)22(47-28(40)32(10,11)12)24(44-16)41-13-15-17(33)18(34)19(35)23(36)43-15/h15-24,33-36H,13-14H2,1-12H3/t15-,16-,17+,18+,19-,20-,21+,22-,23-,24-/m1/s1. The normalized spacial score (nSPS) is 32.3. The summed E-state index contributed by atoms with van der Waals surface area (Å²) in [6.45, 7) is 18.1. The van der Waals surface area contributed by atoms with E-state index in [0.29, 0.717) is 0 Å². The molecular formula is C32H54O15. The molecule has 2 heterocycles. The lowest BCUT2D eigenvalue weighted by molar-refractivity contribution is -0.330. The largest absolute Gasteiger partial charge is 0.462 e. The van der Waals surface area contributed by atoms with Crippen molar-refractivity contribution < 1.29 is 72.8 Å². The SMILES string of the molecule is CC(C)(C)C(=O)OC[C@H]1O[C@@H](OC[C@H]2O[C@@H](O)[C@H](O)[C@@H](O)[C@H]2O)[C@H](OC(=O)C(C)(C)C)[C@@H](OC(=O)C(C)(C)C)[C@@H]1OC(=O)C(C)(C)C. The third-order valence-electron chi connectivity index (χ3n) is 7.26. The van der Waals surface area contributed by atoms with Crippen LogP contribution in [0.5, 0.6) is 0 Å². The Bertz CT molecular complexity index is 1110. The van der Waals surface area contributed by atoms with Crippen molar-refractivity contribution in [2.24, 2.45) is 21.7 Å². The van der Waals surface area contributed by atoms with Crippen LogP contribution in [-0.4, -0.2) is 119 Å². The van der Waals surface area contributed by atoms with Crippen molar-refractivity contribution in [2.45, 2.75) is 144 Å². The third kappa shape index (κ3) is 10.8. The first-order chi connectivity index (χ1) is 21.2. The minimum absolute atomic E-state index is 0.506. The maximum Gasteiger partial charge on any atom is 0.311 e.